The van der Waals surface area contributed by atoms with Crippen molar-refractivity contribution < 1.29 is 8.42 Å². The van der Waals surface area contributed by atoms with Gasteiger partial charge in [0.15, 0.2) is 0 Å². The Bertz CT molecular complexity index is 685. The number of anilines is 1. The minimum atomic E-state index is -3.62. The zero-order valence-corrected chi connectivity index (χ0v) is 12.8. The quantitative estimate of drug-likeness (QED) is 0.845. The number of sulfonamides is 1. The van der Waals surface area contributed by atoms with Crippen LogP contribution in [0.5, 0.6) is 0 Å². The van der Waals surface area contributed by atoms with E-state index in [2.05, 4.69) is 4.72 Å². The molecule has 20 heavy (non-hydrogen) atoms. The van der Waals surface area contributed by atoms with Crippen molar-refractivity contribution in [2.24, 2.45) is 0 Å². The van der Waals surface area contributed by atoms with E-state index in [4.69, 9.17) is 23.2 Å². The van der Waals surface area contributed by atoms with Gasteiger partial charge in [-0.2, -0.15) is 0 Å². The third-order valence-corrected chi connectivity index (χ3v) is 4.50. The summed E-state index contributed by atoms with van der Waals surface area (Å²) in [6.07, 6.45) is 0.753. The average Bonchev–Trinajstić information content (AvgIpc) is 2.41. The Morgan fingerprint density at radius 2 is 1.75 bits per heavy atom. The molecule has 0 unspecified atom stereocenters. The maximum absolute atomic E-state index is 12.2. The number of benzene rings is 2. The van der Waals surface area contributed by atoms with Crippen molar-refractivity contribution in [3.63, 3.8) is 0 Å². The van der Waals surface area contributed by atoms with Crippen LogP contribution in [-0.2, 0) is 16.4 Å². The fraction of sp³-hybridized carbons (Fsp3) is 0.143. The Kier molecular flexibility index (Phi) is 4.91. The predicted octanol–water partition coefficient (Wildman–Crippen LogP) is 3.92. The van der Waals surface area contributed by atoms with Crippen molar-refractivity contribution in [3.8, 4) is 0 Å². The summed E-state index contributed by atoms with van der Waals surface area (Å²) in [6, 6.07) is 13.2. The molecule has 0 spiro atoms. The highest BCUT2D eigenvalue weighted by atomic mass is 35.5. The Labute approximate surface area is 128 Å². The van der Waals surface area contributed by atoms with Gasteiger partial charge in [-0.3, -0.25) is 4.72 Å². The molecule has 2 aromatic carbocycles. The minimum Gasteiger partial charge on any atom is -0.280 e. The monoisotopic (exact) mass is 329 g/mol. The van der Waals surface area contributed by atoms with E-state index in [-0.39, 0.29) is 4.90 Å². The molecule has 1 N–H and O–H groups in total. The number of rotatable bonds is 5. The van der Waals surface area contributed by atoms with Gasteiger partial charge in [-0.15, -0.1) is 11.6 Å². The van der Waals surface area contributed by atoms with Crippen LogP contribution in [0.1, 0.15) is 5.56 Å². The van der Waals surface area contributed by atoms with Crippen LogP contribution in [0.3, 0.4) is 0 Å². The number of alkyl halides is 1. The second-order valence-electron chi connectivity index (χ2n) is 4.20. The second kappa shape index (κ2) is 6.48. The minimum absolute atomic E-state index is 0.134. The van der Waals surface area contributed by atoms with Crippen LogP contribution < -0.4 is 4.72 Å². The van der Waals surface area contributed by atoms with Gasteiger partial charge in [-0.05, 0) is 42.3 Å². The van der Waals surface area contributed by atoms with Crippen molar-refractivity contribution in [2.45, 2.75) is 11.3 Å². The highest BCUT2D eigenvalue weighted by Crippen LogP contribution is 2.19. The average molecular weight is 330 g/mol. The summed E-state index contributed by atoms with van der Waals surface area (Å²) in [7, 11) is -3.62. The van der Waals surface area contributed by atoms with Crippen LogP contribution in [0, 0.1) is 0 Å². The van der Waals surface area contributed by atoms with Gasteiger partial charge < -0.3 is 0 Å². The molecular formula is C14H13Cl2NO2S. The molecular weight excluding hydrogens is 317 g/mol. The van der Waals surface area contributed by atoms with E-state index >= 15 is 0 Å². The van der Waals surface area contributed by atoms with E-state index < -0.39 is 10.0 Å². The predicted molar refractivity (Wildman–Crippen MR) is 83.1 cm³/mol. The molecule has 0 aliphatic rings. The highest BCUT2D eigenvalue weighted by molar-refractivity contribution is 7.92. The Morgan fingerprint density at radius 1 is 1.05 bits per heavy atom. The topological polar surface area (TPSA) is 46.2 Å². The smallest absolute Gasteiger partial charge is 0.261 e. The second-order valence-corrected chi connectivity index (χ2v) is 6.70. The lowest BCUT2D eigenvalue weighted by molar-refractivity contribution is 0.601. The van der Waals surface area contributed by atoms with Gasteiger partial charge in [0.05, 0.1) is 4.90 Å². The number of hydrogen-bond donors (Lipinski definition) is 1. The molecule has 0 saturated carbocycles. The van der Waals surface area contributed by atoms with E-state index in [1.807, 2.05) is 12.1 Å². The first-order chi connectivity index (χ1) is 9.51. The molecule has 0 radical (unpaired) electrons. The lowest BCUT2D eigenvalue weighted by atomic mass is 10.2. The molecule has 0 atom stereocenters. The standard InChI is InChI=1S/C14H13Cl2NO2S/c15-9-8-11-4-6-13(7-5-11)17-20(18,19)14-3-1-2-12(16)10-14/h1-7,10,17H,8-9H2. The van der Waals surface area contributed by atoms with Crippen LogP contribution in [0.4, 0.5) is 5.69 Å². The van der Waals surface area contributed by atoms with Crippen LogP contribution in [-0.4, -0.2) is 14.3 Å². The van der Waals surface area contributed by atoms with Gasteiger partial charge in [-0.25, -0.2) is 8.42 Å². The van der Waals surface area contributed by atoms with Crippen molar-refractivity contribution in [1.82, 2.24) is 0 Å². The zero-order chi connectivity index (χ0) is 14.6. The Balaban J connectivity index is 2.20. The largest absolute Gasteiger partial charge is 0.280 e. The molecule has 3 nitrogen and oxygen atoms in total. The van der Waals surface area contributed by atoms with E-state index in [1.54, 1.807) is 24.3 Å². The van der Waals surface area contributed by atoms with Crippen molar-refractivity contribution in [1.29, 1.82) is 0 Å². The molecule has 0 heterocycles. The molecule has 2 rings (SSSR count). The molecule has 0 saturated heterocycles. The molecule has 0 aliphatic carbocycles. The third-order valence-electron chi connectivity index (χ3n) is 2.70. The third kappa shape index (κ3) is 3.88. The summed E-state index contributed by atoms with van der Waals surface area (Å²) < 4.78 is 26.9. The van der Waals surface area contributed by atoms with Gasteiger partial charge in [0.25, 0.3) is 10.0 Å². The maximum Gasteiger partial charge on any atom is 0.261 e. The van der Waals surface area contributed by atoms with Crippen molar-refractivity contribution in [2.75, 3.05) is 10.6 Å². The number of hydrogen-bond acceptors (Lipinski definition) is 2. The molecule has 106 valence electrons. The van der Waals surface area contributed by atoms with Crippen LogP contribution in [0.25, 0.3) is 0 Å². The van der Waals surface area contributed by atoms with Crippen LogP contribution in [0.15, 0.2) is 53.4 Å². The number of halogens is 2. The lowest BCUT2D eigenvalue weighted by Gasteiger charge is -2.09. The molecule has 0 amide bonds. The Hall–Kier alpha value is -1.23. The van der Waals surface area contributed by atoms with Gasteiger partial charge in [-0.1, -0.05) is 29.8 Å². The van der Waals surface area contributed by atoms with Crippen molar-refractivity contribution in [3.05, 3.63) is 59.1 Å². The molecule has 0 aromatic heterocycles. The summed E-state index contributed by atoms with van der Waals surface area (Å²) in [5.41, 5.74) is 1.56. The molecule has 0 aliphatic heterocycles. The summed E-state index contributed by atoms with van der Waals surface area (Å²) in [5, 5.41) is 0.380. The SMILES string of the molecule is O=S(=O)(Nc1ccc(CCCl)cc1)c1cccc(Cl)c1. The van der Waals surface area contributed by atoms with Gasteiger partial charge in [0.2, 0.25) is 0 Å². The molecule has 0 bridgehead atoms. The van der Waals surface area contributed by atoms with E-state index in [0.29, 0.717) is 16.6 Å². The van der Waals surface area contributed by atoms with Crippen molar-refractivity contribution >= 4 is 38.9 Å². The first-order valence-electron chi connectivity index (χ1n) is 5.94. The van der Waals surface area contributed by atoms with Crippen LogP contribution in [0.2, 0.25) is 5.02 Å². The summed E-state index contributed by atoms with van der Waals surface area (Å²) in [4.78, 5) is 0.134. The zero-order valence-electron chi connectivity index (χ0n) is 10.5. The normalized spacial score (nSPS) is 11.3. The molecule has 2 aromatic rings. The first kappa shape index (κ1) is 15.2. The Morgan fingerprint density at radius 3 is 2.35 bits per heavy atom. The lowest BCUT2D eigenvalue weighted by Crippen LogP contribution is -2.12. The summed E-state index contributed by atoms with van der Waals surface area (Å²) in [5.74, 6) is 0.535. The molecule has 0 fully saturated rings. The summed E-state index contributed by atoms with van der Waals surface area (Å²) in [6.45, 7) is 0. The van der Waals surface area contributed by atoms with Gasteiger partial charge in [0, 0.05) is 16.6 Å². The number of aryl methyl sites for hydroxylation is 1. The van der Waals surface area contributed by atoms with Gasteiger partial charge in [0.1, 0.15) is 0 Å². The van der Waals surface area contributed by atoms with E-state index in [9.17, 15) is 8.42 Å². The fourth-order valence-corrected chi connectivity index (χ4v) is 3.27. The highest BCUT2D eigenvalue weighted by Gasteiger charge is 2.14. The first-order valence-corrected chi connectivity index (χ1v) is 8.34. The van der Waals surface area contributed by atoms with Gasteiger partial charge >= 0.3 is 0 Å². The number of nitrogens with one attached hydrogen (secondary N) is 1. The molecule has 6 heteroatoms. The maximum atomic E-state index is 12.2. The van der Waals surface area contributed by atoms with E-state index in [1.165, 1.54) is 12.1 Å². The fourth-order valence-electron chi connectivity index (χ4n) is 1.70. The van der Waals surface area contributed by atoms with E-state index in [0.717, 1.165) is 12.0 Å². The summed E-state index contributed by atoms with van der Waals surface area (Å²) >= 11 is 11.5. The van der Waals surface area contributed by atoms with Crippen LogP contribution >= 0.6 is 23.2 Å².